The van der Waals surface area contributed by atoms with E-state index in [1.807, 2.05) is 24.3 Å². The van der Waals surface area contributed by atoms with E-state index in [1.54, 1.807) is 0 Å². The van der Waals surface area contributed by atoms with Crippen molar-refractivity contribution in [3.8, 4) is 0 Å². The molecule has 1 aliphatic heterocycles. The summed E-state index contributed by atoms with van der Waals surface area (Å²) in [5.41, 5.74) is 2.48. The molecule has 0 unspecified atom stereocenters. The average Bonchev–Trinajstić information content (AvgIpc) is 3.21. The Morgan fingerprint density at radius 2 is 1.41 bits per heavy atom. The van der Waals surface area contributed by atoms with Crippen molar-refractivity contribution in [3.05, 3.63) is 59.1 Å². The maximum atomic E-state index is 14.1. The van der Waals surface area contributed by atoms with Gasteiger partial charge in [-0.05, 0) is 61.4 Å². The van der Waals surface area contributed by atoms with Crippen LogP contribution in [0.15, 0.2) is 48.5 Å². The van der Waals surface area contributed by atoms with Gasteiger partial charge in [-0.25, -0.2) is 0 Å². The second-order valence-corrected chi connectivity index (χ2v) is 10.3. The van der Waals surface area contributed by atoms with Gasteiger partial charge in [-0.3, -0.25) is 4.79 Å². The molecular weight excluding hydrogens is 418 g/mol. The molecule has 3 N–H and O–H groups in total. The molecule has 0 aromatic heterocycles. The minimum Gasteiger partial charge on any atom is -0.357 e. The summed E-state index contributed by atoms with van der Waals surface area (Å²) in [7, 11) is 0. The van der Waals surface area contributed by atoms with Gasteiger partial charge >= 0.3 is 0 Å². The van der Waals surface area contributed by atoms with E-state index in [9.17, 15) is 4.79 Å². The van der Waals surface area contributed by atoms with E-state index >= 15 is 0 Å². The number of para-hydroxylation sites is 2. The third-order valence-electron chi connectivity index (χ3n) is 7.71. The molecule has 4 nitrogen and oxygen atoms in total. The quantitative estimate of drug-likeness (QED) is 0.475. The summed E-state index contributed by atoms with van der Waals surface area (Å²) in [6, 6.07) is 16.6. The average molecular weight is 452 g/mol. The molecule has 2 saturated carbocycles. The Hall–Kier alpha value is -2.20. The molecule has 3 aliphatic rings. The number of carbonyl (C=O) groups is 1. The fraction of sp³-hybridized carbons (Fsp3) is 0.519. The van der Waals surface area contributed by atoms with Gasteiger partial charge in [0.25, 0.3) is 0 Å². The Labute approximate surface area is 196 Å². The Morgan fingerprint density at radius 1 is 0.844 bits per heavy atom. The van der Waals surface area contributed by atoms with Crippen LogP contribution < -0.4 is 16.0 Å². The van der Waals surface area contributed by atoms with Crippen LogP contribution in [0.1, 0.15) is 69.8 Å². The molecule has 32 heavy (non-hydrogen) atoms. The van der Waals surface area contributed by atoms with Crippen molar-refractivity contribution in [2.24, 2.45) is 11.8 Å². The minimum atomic E-state index is -0.685. The number of halogens is 1. The molecule has 1 heterocycles. The molecule has 2 fully saturated rings. The van der Waals surface area contributed by atoms with Gasteiger partial charge in [0, 0.05) is 11.1 Å². The summed E-state index contributed by atoms with van der Waals surface area (Å²) in [5.74, 6) is 0.308. The molecule has 1 atom stereocenters. The van der Waals surface area contributed by atoms with Crippen molar-refractivity contribution in [2.75, 3.05) is 10.6 Å². The molecule has 0 saturated heterocycles. The van der Waals surface area contributed by atoms with Gasteiger partial charge < -0.3 is 16.0 Å². The van der Waals surface area contributed by atoms with Crippen LogP contribution >= 0.6 is 11.6 Å². The molecule has 0 bridgehead atoms. The lowest BCUT2D eigenvalue weighted by molar-refractivity contribution is -0.130. The summed E-state index contributed by atoms with van der Waals surface area (Å²) in [5, 5.41) is 11.8. The highest BCUT2D eigenvalue weighted by atomic mass is 35.5. The highest BCUT2D eigenvalue weighted by molar-refractivity contribution is 6.30. The van der Waals surface area contributed by atoms with Crippen LogP contribution in [0.3, 0.4) is 0 Å². The second-order valence-electron chi connectivity index (χ2n) is 9.83. The van der Waals surface area contributed by atoms with Crippen LogP contribution in [0.5, 0.6) is 0 Å². The molecule has 1 amide bonds. The number of amides is 1. The number of anilines is 2. The first-order valence-electron chi connectivity index (χ1n) is 12.4. The lowest BCUT2D eigenvalue weighted by Gasteiger charge is -2.44. The zero-order chi connectivity index (χ0) is 22.0. The van der Waals surface area contributed by atoms with Crippen molar-refractivity contribution < 1.29 is 4.79 Å². The van der Waals surface area contributed by atoms with Gasteiger partial charge in [0.2, 0.25) is 5.91 Å². The molecule has 170 valence electrons. The number of hydrogen-bond acceptors (Lipinski definition) is 3. The Balaban J connectivity index is 1.55. The fourth-order valence-electron chi connectivity index (χ4n) is 6.12. The van der Waals surface area contributed by atoms with Crippen LogP contribution in [0.2, 0.25) is 5.02 Å². The molecule has 2 aromatic carbocycles. The molecular formula is C27H34ClN3O. The maximum absolute atomic E-state index is 14.1. The van der Waals surface area contributed by atoms with Crippen molar-refractivity contribution in [3.63, 3.8) is 0 Å². The monoisotopic (exact) mass is 451 g/mol. The first-order valence-corrected chi connectivity index (χ1v) is 12.8. The summed E-state index contributed by atoms with van der Waals surface area (Å²) in [6.07, 6.45) is 11.7. The number of benzene rings is 2. The van der Waals surface area contributed by atoms with Gasteiger partial charge in [0.15, 0.2) is 0 Å². The van der Waals surface area contributed by atoms with Crippen molar-refractivity contribution in [1.29, 1.82) is 0 Å². The zero-order valence-electron chi connectivity index (χ0n) is 18.7. The molecule has 5 rings (SSSR count). The summed E-state index contributed by atoms with van der Waals surface area (Å²) in [6.45, 7) is 0. The van der Waals surface area contributed by atoms with Gasteiger partial charge in [0.1, 0.15) is 5.66 Å². The van der Waals surface area contributed by atoms with Crippen molar-refractivity contribution in [2.45, 2.75) is 75.9 Å². The Bertz CT molecular complexity index is 907. The van der Waals surface area contributed by atoms with Crippen LogP contribution in [0.4, 0.5) is 11.4 Å². The lowest BCUT2D eigenvalue weighted by atomic mass is 9.71. The number of nitrogens with one attached hydrogen (secondary N) is 3. The normalized spacial score (nSPS) is 21.8. The van der Waals surface area contributed by atoms with Crippen LogP contribution in [0.25, 0.3) is 0 Å². The topological polar surface area (TPSA) is 53.2 Å². The smallest absolute Gasteiger partial charge is 0.228 e. The predicted octanol–water partition coefficient (Wildman–Crippen LogP) is 6.68. The number of rotatable bonds is 5. The standard InChI is InChI=1S/C27H34ClN3O/c28-21-17-15-20(16-18-21)27(30-23-13-7-8-14-24(23)31-27)25(19-9-3-1-4-10-19)26(32)29-22-11-5-2-6-12-22/h7-8,13-19,22,25,30-31H,1-6,9-12H2,(H,29,32)/t25-/m1/s1. The largest absolute Gasteiger partial charge is 0.357 e. The summed E-state index contributed by atoms with van der Waals surface area (Å²) in [4.78, 5) is 14.1. The molecule has 2 aliphatic carbocycles. The number of fused-ring (bicyclic) bond motifs is 1. The molecule has 5 heteroatoms. The van der Waals surface area contributed by atoms with E-state index in [4.69, 9.17) is 11.6 Å². The first-order chi connectivity index (χ1) is 15.7. The van der Waals surface area contributed by atoms with Crippen molar-refractivity contribution >= 4 is 28.9 Å². The van der Waals surface area contributed by atoms with E-state index in [1.165, 1.54) is 38.5 Å². The molecule has 0 radical (unpaired) electrons. The Kier molecular flexibility index (Phi) is 6.32. The third-order valence-corrected chi connectivity index (χ3v) is 7.96. The van der Waals surface area contributed by atoms with Gasteiger partial charge in [-0.15, -0.1) is 0 Å². The number of carbonyl (C=O) groups excluding carboxylic acids is 1. The number of hydrogen-bond donors (Lipinski definition) is 3. The highest BCUT2D eigenvalue weighted by Gasteiger charge is 2.52. The van der Waals surface area contributed by atoms with E-state index in [0.29, 0.717) is 17.0 Å². The summed E-state index contributed by atoms with van der Waals surface area (Å²) < 4.78 is 0. The van der Waals surface area contributed by atoms with Crippen molar-refractivity contribution in [1.82, 2.24) is 5.32 Å². The fourth-order valence-corrected chi connectivity index (χ4v) is 6.25. The van der Waals surface area contributed by atoms with Crippen LogP contribution in [-0.4, -0.2) is 11.9 Å². The van der Waals surface area contributed by atoms with E-state index < -0.39 is 5.66 Å². The summed E-state index contributed by atoms with van der Waals surface area (Å²) >= 11 is 6.25. The van der Waals surface area contributed by atoms with Crippen LogP contribution in [-0.2, 0) is 10.5 Å². The third kappa shape index (κ3) is 4.22. The highest BCUT2D eigenvalue weighted by Crippen LogP contribution is 2.49. The SMILES string of the molecule is O=C(NC1CCCCC1)[C@@H](C1CCCCC1)C1(c2ccc(Cl)cc2)Nc2ccccc2N1. The minimum absolute atomic E-state index is 0.187. The van der Waals surface area contributed by atoms with Gasteiger partial charge in [0.05, 0.1) is 17.3 Å². The first kappa shape index (κ1) is 21.6. The van der Waals surface area contributed by atoms with E-state index in [-0.39, 0.29) is 11.8 Å². The Morgan fingerprint density at radius 3 is 2.00 bits per heavy atom. The van der Waals surface area contributed by atoms with E-state index in [2.05, 4.69) is 40.2 Å². The molecule has 2 aromatic rings. The van der Waals surface area contributed by atoms with E-state index in [0.717, 1.165) is 42.6 Å². The van der Waals surface area contributed by atoms with Crippen LogP contribution in [0, 0.1) is 11.8 Å². The van der Waals surface area contributed by atoms with Gasteiger partial charge in [-0.1, -0.05) is 74.4 Å². The van der Waals surface area contributed by atoms with Gasteiger partial charge in [-0.2, -0.15) is 0 Å². The zero-order valence-corrected chi connectivity index (χ0v) is 19.5. The maximum Gasteiger partial charge on any atom is 0.228 e. The molecule has 0 spiro atoms. The lowest BCUT2D eigenvalue weighted by Crippen LogP contribution is -2.56. The second kappa shape index (κ2) is 9.35. The predicted molar refractivity (Wildman–Crippen MR) is 132 cm³/mol.